The standard InChI is InChI=1S/C12H16N4S/c1-3-14-11-5-13-6-12(16-11)15-4-10-8-17-7-9(10)2/h5-8H,3-4H2,1-2H3,(H2,14,15,16). The molecule has 0 unspecified atom stereocenters. The maximum absolute atomic E-state index is 4.41. The molecule has 0 radical (unpaired) electrons. The van der Waals surface area contributed by atoms with Gasteiger partial charge in [0.2, 0.25) is 0 Å². The van der Waals surface area contributed by atoms with Crippen LogP contribution >= 0.6 is 11.3 Å². The van der Waals surface area contributed by atoms with E-state index in [-0.39, 0.29) is 0 Å². The molecule has 0 atom stereocenters. The molecule has 0 saturated heterocycles. The van der Waals surface area contributed by atoms with Crippen molar-refractivity contribution in [1.82, 2.24) is 9.97 Å². The normalized spacial score (nSPS) is 10.2. The molecule has 17 heavy (non-hydrogen) atoms. The van der Waals surface area contributed by atoms with Crippen LogP contribution in [0.2, 0.25) is 0 Å². The van der Waals surface area contributed by atoms with Gasteiger partial charge in [-0.3, -0.25) is 4.98 Å². The zero-order chi connectivity index (χ0) is 12.1. The van der Waals surface area contributed by atoms with E-state index in [1.807, 2.05) is 6.92 Å². The average molecular weight is 248 g/mol. The number of nitrogens with one attached hydrogen (secondary N) is 2. The van der Waals surface area contributed by atoms with Crippen molar-refractivity contribution in [1.29, 1.82) is 0 Å². The quantitative estimate of drug-likeness (QED) is 0.854. The van der Waals surface area contributed by atoms with Crippen LogP contribution < -0.4 is 10.6 Å². The van der Waals surface area contributed by atoms with Crippen molar-refractivity contribution >= 4 is 23.0 Å². The SMILES string of the molecule is CCNc1cncc(NCc2cscc2C)n1. The highest BCUT2D eigenvalue weighted by atomic mass is 32.1. The Morgan fingerprint density at radius 3 is 2.59 bits per heavy atom. The van der Waals surface area contributed by atoms with Crippen molar-refractivity contribution in [2.24, 2.45) is 0 Å². The number of hydrogen-bond donors (Lipinski definition) is 2. The van der Waals surface area contributed by atoms with Crippen LogP contribution in [0.25, 0.3) is 0 Å². The first-order chi connectivity index (χ1) is 8.29. The molecule has 0 spiro atoms. The lowest BCUT2D eigenvalue weighted by molar-refractivity contribution is 1.06. The summed E-state index contributed by atoms with van der Waals surface area (Å²) >= 11 is 1.72. The predicted molar refractivity (Wildman–Crippen MR) is 72.6 cm³/mol. The molecular weight excluding hydrogens is 232 g/mol. The lowest BCUT2D eigenvalue weighted by Gasteiger charge is -2.07. The second-order valence-electron chi connectivity index (χ2n) is 3.75. The first kappa shape index (κ1) is 11.9. The van der Waals surface area contributed by atoms with Gasteiger partial charge in [0.05, 0.1) is 12.4 Å². The van der Waals surface area contributed by atoms with Gasteiger partial charge in [0.15, 0.2) is 0 Å². The third kappa shape index (κ3) is 3.17. The Balaban J connectivity index is 1.99. The van der Waals surface area contributed by atoms with Gasteiger partial charge < -0.3 is 10.6 Å². The molecule has 2 N–H and O–H groups in total. The number of aryl methyl sites for hydroxylation is 1. The maximum Gasteiger partial charge on any atom is 0.147 e. The highest BCUT2D eigenvalue weighted by Gasteiger charge is 2.01. The summed E-state index contributed by atoms with van der Waals surface area (Å²) in [5.41, 5.74) is 2.63. The van der Waals surface area contributed by atoms with Crippen LogP contribution in [-0.4, -0.2) is 16.5 Å². The van der Waals surface area contributed by atoms with E-state index in [2.05, 4.69) is 38.3 Å². The van der Waals surface area contributed by atoms with Crippen molar-refractivity contribution in [3.63, 3.8) is 0 Å². The molecule has 0 aliphatic carbocycles. The van der Waals surface area contributed by atoms with Gasteiger partial charge in [-0.2, -0.15) is 11.3 Å². The van der Waals surface area contributed by atoms with Gasteiger partial charge in [-0.05, 0) is 35.7 Å². The molecule has 4 nitrogen and oxygen atoms in total. The molecule has 2 rings (SSSR count). The molecule has 0 amide bonds. The van der Waals surface area contributed by atoms with Crippen molar-refractivity contribution in [2.75, 3.05) is 17.2 Å². The van der Waals surface area contributed by atoms with E-state index in [4.69, 9.17) is 0 Å². The summed E-state index contributed by atoms with van der Waals surface area (Å²) in [5.74, 6) is 1.61. The lowest BCUT2D eigenvalue weighted by Crippen LogP contribution is -2.05. The smallest absolute Gasteiger partial charge is 0.147 e. The Kier molecular flexibility index (Phi) is 3.93. The summed E-state index contributed by atoms with van der Waals surface area (Å²) in [5, 5.41) is 10.7. The Hall–Kier alpha value is -1.62. The van der Waals surface area contributed by atoms with E-state index in [0.29, 0.717) is 0 Å². The van der Waals surface area contributed by atoms with Crippen LogP contribution in [0.4, 0.5) is 11.6 Å². The van der Waals surface area contributed by atoms with Crippen LogP contribution in [0, 0.1) is 6.92 Å². The molecular formula is C12H16N4S. The fourth-order valence-electron chi connectivity index (χ4n) is 1.47. The molecule has 90 valence electrons. The second kappa shape index (κ2) is 5.63. The van der Waals surface area contributed by atoms with Crippen LogP contribution in [0.1, 0.15) is 18.1 Å². The summed E-state index contributed by atoms with van der Waals surface area (Å²) in [6.07, 6.45) is 3.47. The molecule has 0 saturated carbocycles. The highest BCUT2D eigenvalue weighted by Crippen LogP contribution is 2.15. The van der Waals surface area contributed by atoms with Crippen molar-refractivity contribution in [2.45, 2.75) is 20.4 Å². The van der Waals surface area contributed by atoms with Crippen molar-refractivity contribution < 1.29 is 0 Å². The van der Waals surface area contributed by atoms with Gasteiger partial charge in [0.25, 0.3) is 0 Å². The first-order valence-electron chi connectivity index (χ1n) is 5.61. The van der Waals surface area contributed by atoms with Crippen LogP contribution in [0.3, 0.4) is 0 Å². The van der Waals surface area contributed by atoms with Crippen molar-refractivity contribution in [3.05, 3.63) is 34.3 Å². The van der Waals surface area contributed by atoms with Crippen LogP contribution in [0.15, 0.2) is 23.2 Å². The van der Waals surface area contributed by atoms with Gasteiger partial charge in [-0.1, -0.05) is 0 Å². The number of thiophene rings is 1. The average Bonchev–Trinajstić information content (AvgIpc) is 2.73. The second-order valence-corrected chi connectivity index (χ2v) is 4.50. The minimum atomic E-state index is 0.791. The van der Waals surface area contributed by atoms with Gasteiger partial charge in [0.1, 0.15) is 11.6 Å². The predicted octanol–water partition coefficient (Wildman–Crippen LogP) is 2.89. The largest absolute Gasteiger partial charge is 0.369 e. The fourth-order valence-corrected chi connectivity index (χ4v) is 2.33. The number of anilines is 2. The monoisotopic (exact) mass is 248 g/mol. The molecule has 0 aliphatic rings. The van der Waals surface area contributed by atoms with Crippen LogP contribution in [-0.2, 0) is 6.54 Å². The van der Waals surface area contributed by atoms with E-state index in [9.17, 15) is 0 Å². The minimum absolute atomic E-state index is 0.791. The van der Waals surface area contributed by atoms with Crippen LogP contribution in [0.5, 0.6) is 0 Å². The fraction of sp³-hybridized carbons (Fsp3) is 0.333. The summed E-state index contributed by atoms with van der Waals surface area (Å²) in [7, 11) is 0. The molecule has 5 heteroatoms. The summed E-state index contributed by atoms with van der Waals surface area (Å²) in [6.45, 7) is 5.80. The summed E-state index contributed by atoms with van der Waals surface area (Å²) < 4.78 is 0. The number of aromatic nitrogens is 2. The van der Waals surface area contributed by atoms with Gasteiger partial charge in [-0.25, -0.2) is 4.98 Å². The molecule has 0 aliphatic heterocycles. The Labute approximate surface area is 105 Å². The molecule has 2 heterocycles. The molecule has 2 aromatic rings. The van der Waals surface area contributed by atoms with Crippen molar-refractivity contribution in [3.8, 4) is 0 Å². The minimum Gasteiger partial charge on any atom is -0.369 e. The molecule has 0 aromatic carbocycles. The number of hydrogen-bond acceptors (Lipinski definition) is 5. The molecule has 0 fully saturated rings. The van der Waals surface area contributed by atoms with E-state index < -0.39 is 0 Å². The Morgan fingerprint density at radius 2 is 1.94 bits per heavy atom. The third-order valence-corrected chi connectivity index (χ3v) is 3.32. The third-order valence-electron chi connectivity index (χ3n) is 2.41. The molecule has 0 bridgehead atoms. The van der Waals surface area contributed by atoms with E-state index >= 15 is 0 Å². The lowest BCUT2D eigenvalue weighted by atomic mass is 10.2. The molecule has 2 aromatic heterocycles. The van der Waals surface area contributed by atoms with Gasteiger partial charge >= 0.3 is 0 Å². The van der Waals surface area contributed by atoms with E-state index in [1.165, 1.54) is 11.1 Å². The van der Waals surface area contributed by atoms with Gasteiger partial charge in [0, 0.05) is 13.1 Å². The Bertz CT molecular complexity index is 481. The highest BCUT2D eigenvalue weighted by molar-refractivity contribution is 7.08. The zero-order valence-electron chi connectivity index (χ0n) is 10.0. The number of rotatable bonds is 5. The number of nitrogens with zero attached hydrogens (tertiary/aromatic N) is 2. The topological polar surface area (TPSA) is 49.8 Å². The maximum atomic E-state index is 4.41. The van der Waals surface area contributed by atoms with E-state index in [1.54, 1.807) is 23.7 Å². The summed E-state index contributed by atoms with van der Waals surface area (Å²) in [6, 6.07) is 0. The summed E-state index contributed by atoms with van der Waals surface area (Å²) in [4.78, 5) is 8.55. The van der Waals surface area contributed by atoms with Gasteiger partial charge in [-0.15, -0.1) is 0 Å². The zero-order valence-corrected chi connectivity index (χ0v) is 10.8. The van der Waals surface area contributed by atoms with E-state index in [0.717, 1.165) is 24.7 Å². The first-order valence-corrected chi connectivity index (χ1v) is 6.55. The Morgan fingerprint density at radius 1 is 1.18 bits per heavy atom.